The summed E-state index contributed by atoms with van der Waals surface area (Å²) < 4.78 is 4.61. The highest BCUT2D eigenvalue weighted by atomic mass is 16.5. The molecule has 2 unspecified atom stereocenters. The second-order valence-electron chi connectivity index (χ2n) is 8.77. The van der Waals surface area contributed by atoms with Gasteiger partial charge in [0.25, 0.3) is 6.47 Å². The molecule has 168 valence electrons. The summed E-state index contributed by atoms with van der Waals surface area (Å²) in [5.41, 5.74) is 5.24. The molecule has 31 heavy (non-hydrogen) atoms. The van der Waals surface area contributed by atoms with Crippen molar-refractivity contribution < 1.29 is 14.6 Å². The van der Waals surface area contributed by atoms with Crippen LogP contribution in [0.1, 0.15) is 49.7 Å². The molecule has 0 aromatic heterocycles. The fraction of sp³-hybridized carbons (Fsp3) is 0.500. The molecule has 0 bridgehead atoms. The smallest absolute Gasteiger partial charge is 0.293 e. The maximum absolute atomic E-state index is 10.1. The maximum atomic E-state index is 10.1. The van der Waals surface area contributed by atoms with E-state index in [-0.39, 0.29) is 0 Å². The number of hydrogen-bond acceptors (Lipinski definition) is 5. The average molecular weight is 425 g/mol. The van der Waals surface area contributed by atoms with E-state index >= 15 is 0 Å². The van der Waals surface area contributed by atoms with Crippen molar-refractivity contribution in [2.45, 2.75) is 45.1 Å². The molecular formula is C26H36N2O3. The SMILES string of the molecule is C=C/C=C(\C/C=C\C)COC=O.CN1CCN2CC3CCCC3c3cc(O)cc(c32)C1. The first-order valence-corrected chi connectivity index (χ1v) is 11.3. The number of anilines is 1. The van der Waals surface area contributed by atoms with Gasteiger partial charge in [-0.15, -0.1) is 0 Å². The van der Waals surface area contributed by atoms with E-state index in [0.717, 1.165) is 37.5 Å². The Morgan fingerprint density at radius 1 is 1.32 bits per heavy atom. The number of benzene rings is 1. The molecule has 1 fully saturated rings. The van der Waals surface area contributed by atoms with E-state index in [4.69, 9.17) is 0 Å². The number of aromatic hydroxyl groups is 1. The molecule has 5 nitrogen and oxygen atoms in total. The molecule has 4 rings (SSSR count). The number of carbonyl (C=O) groups is 1. The highest BCUT2D eigenvalue weighted by Crippen LogP contribution is 2.50. The number of allylic oxidation sites excluding steroid dienone is 4. The van der Waals surface area contributed by atoms with Crippen molar-refractivity contribution in [1.29, 1.82) is 0 Å². The van der Waals surface area contributed by atoms with Gasteiger partial charge in [0.05, 0.1) is 0 Å². The van der Waals surface area contributed by atoms with Gasteiger partial charge in [0.15, 0.2) is 0 Å². The van der Waals surface area contributed by atoms with Crippen LogP contribution in [0.15, 0.2) is 48.6 Å². The lowest BCUT2D eigenvalue weighted by molar-refractivity contribution is -0.127. The Labute approximate surface area is 186 Å². The van der Waals surface area contributed by atoms with Crippen molar-refractivity contribution in [3.63, 3.8) is 0 Å². The summed E-state index contributed by atoms with van der Waals surface area (Å²) in [7, 11) is 2.18. The minimum atomic E-state index is 0.347. The molecule has 2 aliphatic heterocycles. The molecule has 1 saturated carbocycles. The quantitative estimate of drug-likeness (QED) is 0.405. The minimum absolute atomic E-state index is 0.347. The van der Waals surface area contributed by atoms with Gasteiger partial charge in [-0.1, -0.05) is 37.3 Å². The number of fused-ring (bicyclic) bond motifs is 2. The van der Waals surface area contributed by atoms with Crippen molar-refractivity contribution in [3.8, 4) is 5.75 Å². The van der Waals surface area contributed by atoms with Crippen LogP contribution >= 0.6 is 0 Å². The van der Waals surface area contributed by atoms with E-state index < -0.39 is 0 Å². The Morgan fingerprint density at radius 3 is 2.90 bits per heavy atom. The molecule has 0 amide bonds. The van der Waals surface area contributed by atoms with Crippen molar-refractivity contribution >= 4 is 12.2 Å². The second kappa shape index (κ2) is 11.2. The molecule has 1 aliphatic carbocycles. The molecule has 1 aromatic rings. The third kappa shape index (κ3) is 5.79. The van der Waals surface area contributed by atoms with Crippen LogP contribution in [0.5, 0.6) is 5.75 Å². The molecular weight excluding hydrogens is 388 g/mol. The van der Waals surface area contributed by atoms with Gasteiger partial charge >= 0.3 is 0 Å². The monoisotopic (exact) mass is 424 g/mol. The van der Waals surface area contributed by atoms with Crippen LogP contribution in [0.2, 0.25) is 0 Å². The van der Waals surface area contributed by atoms with Crippen LogP contribution < -0.4 is 4.90 Å². The third-order valence-corrected chi connectivity index (χ3v) is 6.53. The topological polar surface area (TPSA) is 53.0 Å². The summed E-state index contributed by atoms with van der Waals surface area (Å²) in [6.45, 7) is 10.8. The molecule has 2 atom stereocenters. The summed E-state index contributed by atoms with van der Waals surface area (Å²) in [4.78, 5) is 14.8. The molecule has 2 heterocycles. The van der Waals surface area contributed by atoms with Crippen molar-refractivity contribution in [2.75, 3.05) is 38.2 Å². The number of phenols is 1. The normalized spacial score (nSPS) is 22.8. The zero-order valence-corrected chi connectivity index (χ0v) is 18.9. The van der Waals surface area contributed by atoms with Gasteiger partial charge in [0, 0.05) is 31.9 Å². The highest BCUT2D eigenvalue weighted by Gasteiger charge is 2.38. The van der Waals surface area contributed by atoms with Crippen LogP contribution in [-0.4, -0.2) is 49.8 Å². The third-order valence-electron chi connectivity index (χ3n) is 6.53. The molecule has 1 aromatic carbocycles. The van der Waals surface area contributed by atoms with Gasteiger partial charge in [-0.2, -0.15) is 0 Å². The average Bonchev–Trinajstić information content (AvgIpc) is 3.16. The zero-order chi connectivity index (χ0) is 22.2. The fourth-order valence-corrected chi connectivity index (χ4v) is 5.15. The van der Waals surface area contributed by atoms with Gasteiger partial charge in [0.2, 0.25) is 0 Å². The Balaban J connectivity index is 0.000000199. The van der Waals surface area contributed by atoms with Crippen LogP contribution in [-0.2, 0) is 16.1 Å². The Hall–Kier alpha value is -2.53. The predicted molar refractivity (Wildman–Crippen MR) is 126 cm³/mol. The lowest BCUT2D eigenvalue weighted by Gasteiger charge is -2.39. The van der Waals surface area contributed by atoms with E-state index in [2.05, 4.69) is 28.2 Å². The molecule has 3 aliphatic rings. The second-order valence-corrected chi connectivity index (χ2v) is 8.77. The van der Waals surface area contributed by atoms with E-state index in [0.29, 0.717) is 24.7 Å². The molecule has 1 N–H and O–H groups in total. The summed E-state index contributed by atoms with van der Waals surface area (Å²) in [6, 6.07) is 4.02. The number of ether oxygens (including phenoxy) is 1. The lowest BCUT2D eigenvalue weighted by atomic mass is 9.82. The van der Waals surface area contributed by atoms with Gasteiger partial charge in [-0.25, -0.2) is 0 Å². The Morgan fingerprint density at radius 2 is 2.16 bits per heavy atom. The molecule has 0 saturated heterocycles. The zero-order valence-electron chi connectivity index (χ0n) is 18.9. The number of hydrogen-bond donors (Lipinski definition) is 1. The van der Waals surface area contributed by atoms with Crippen LogP contribution in [0, 0.1) is 5.92 Å². The molecule has 0 spiro atoms. The highest BCUT2D eigenvalue weighted by molar-refractivity contribution is 5.66. The standard InChI is InChI=1S/C16H22N2O.C10H14O2/c1-17-5-6-18-10-11-3-2-4-14(11)15-8-13(19)7-12(9-17)16(15)18;1-3-5-7-10(6-4-2)8-12-9-11/h7-8,11,14,19H,2-6,9-10H2,1H3;3-6,9H,2,7-8H2,1H3/b;5-3-,10-6+. The van der Waals surface area contributed by atoms with E-state index in [9.17, 15) is 9.90 Å². The van der Waals surface area contributed by atoms with Gasteiger partial charge < -0.3 is 19.6 Å². The summed E-state index contributed by atoms with van der Waals surface area (Å²) in [5.74, 6) is 1.96. The van der Waals surface area contributed by atoms with Gasteiger partial charge in [-0.05, 0) is 73.9 Å². The van der Waals surface area contributed by atoms with Gasteiger partial charge in [0.1, 0.15) is 12.4 Å². The Bertz CT molecular complexity index is 830. The number of carbonyl (C=O) groups excluding carboxylic acids is 1. The summed E-state index contributed by atoms with van der Waals surface area (Å²) >= 11 is 0. The van der Waals surface area contributed by atoms with Crippen LogP contribution in [0.3, 0.4) is 0 Å². The summed E-state index contributed by atoms with van der Waals surface area (Å²) in [6.07, 6.45) is 12.3. The largest absolute Gasteiger partial charge is 0.508 e. The van der Waals surface area contributed by atoms with Crippen molar-refractivity contribution in [2.24, 2.45) is 5.92 Å². The van der Waals surface area contributed by atoms with E-state index in [1.165, 1.54) is 42.6 Å². The van der Waals surface area contributed by atoms with E-state index in [1.807, 2.05) is 37.3 Å². The minimum Gasteiger partial charge on any atom is -0.508 e. The predicted octanol–water partition coefficient (Wildman–Crippen LogP) is 4.78. The van der Waals surface area contributed by atoms with Crippen molar-refractivity contribution in [1.82, 2.24) is 4.90 Å². The number of rotatable bonds is 6. The first-order chi connectivity index (χ1) is 15.1. The van der Waals surface area contributed by atoms with Crippen molar-refractivity contribution in [3.05, 3.63) is 59.7 Å². The van der Waals surface area contributed by atoms with E-state index in [1.54, 1.807) is 6.08 Å². The lowest BCUT2D eigenvalue weighted by Crippen LogP contribution is -2.38. The summed E-state index contributed by atoms with van der Waals surface area (Å²) in [5, 5.41) is 10.1. The van der Waals surface area contributed by atoms with Crippen LogP contribution in [0.4, 0.5) is 5.69 Å². The molecule has 0 radical (unpaired) electrons. The first-order valence-electron chi connectivity index (χ1n) is 11.3. The number of likely N-dealkylation sites (N-methyl/N-ethyl adjacent to an activating group) is 1. The maximum Gasteiger partial charge on any atom is 0.293 e. The van der Waals surface area contributed by atoms with Gasteiger partial charge in [-0.3, -0.25) is 4.79 Å². The molecule has 5 heteroatoms. The first kappa shape index (κ1) is 23.1. The van der Waals surface area contributed by atoms with Crippen LogP contribution in [0.25, 0.3) is 0 Å². The Kier molecular flexibility index (Phi) is 8.35. The number of phenolic OH excluding ortho intramolecular Hbond substituents is 1. The fourth-order valence-electron chi connectivity index (χ4n) is 5.15. The number of nitrogens with zero attached hydrogens (tertiary/aromatic N) is 2.